The first-order valence-electron chi connectivity index (χ1n) is 6.73. The van der Waals surface area contributed by atoms with Gasteiger partial charge >= 0.3 is 0 Å². The number of aryl methyl sites for hydroxylation is 1. The SMILES string of the molecule is Cc1ccccc1CCOC1CCCNCC1. The fraction of sp³-hybridized carbons (Fsp3) is 0.600. The van der Waals surface area contributed by atoms with Crippen LogP contribution in [-0.4, -0.2) is 25.8 Å². The van der Waals surface area contributed by atoms with Gasteiger partial charge in [-0.15, -0.1) is 0 Å². The van der Waals surface area contributed by atoms with Crippen LogP contribution in [0.2, 0.25) is 0 Å². The second kappa shape index (κ2) is 6.77. The molecule has 0 aromatic heterocycles. The van der Waals surface area contributed by atoms with Crippen LogP contribution < -0.4 is 5.32 Å². The minimum absolute atomic E-state index is 0.467. The summed E-state index contributed by atoms with van der Waals surface area (Å²) in [5.41, 5.74) is 2.79. The summed E-state index contributed by atoms with van der Waals surface area (Å²) < 4.78 is 5.98. The Morgan fingerprint density at radius 2 is 2.12 bits per heavy atom. The van der Waals surface area contributed by atoms with Gasteiger partial charge in [-0.1, -0.05) is 24.3 Å². The molecular weight excluding hydrogens is 210 g/mol. The van der Waals surface area contributed by atoms with Crippen molar-refractivity contribution in [3.05, 3.63) is 35.4 Å². The molecule has 2 nitrogen and oxygen atoms in total. The maximum Gasteiger partial charge on any atom is 0.0587 e. The van der Waals surface area contributed by atoms with E-state index in [1.807, 2.05) is 0 Å². The zero-order valence-electron chi connectivity index (χ0n) is 10.7. The molecule has 1 aromatic rings. The van der Waals surface area contributed by atoms with Crippen LogP contribution in [0.4, 0.5) is 0 Å². The molecule has 1 saturated heterocycles. The van der Waals surface area contributed by atoms with E-state index in [0.29, 0.717) is 6.10 Å². The molecule has 94 valence electrons. The molecule has 0 saturated carbocycles. The minimum Gasteiger partial charge on any atom is -0.378 e. The van der Waals surface area contributed by atoms with Crippen LogP contribution >= 0.6 is 0 Å². The monoisotopic (exact) mass is 233 g/mol. The average molecular weight is 233 g/mol. The molecule has 1 aliphatic heterocycles. The normalized spacial score (nSPS) is 21.1. The van der Waals surface area contributed by atoms with E-state index in [4.69, 9.17) is 4.74 Å². The predicted molar refractivity (Wildman–Crippen MR) is 71.3 cm³/mol. The average Bonchev–Trinajstić information content (AvgIpc) is 2.60. The Hall–Kier alpha value is -0.860. The molecule has 0 spiro atoms. The lowest BCUT2D eigenvalue weighted by atomic mass is 10.1. The highest BCUT2D eigenvalue weighted by Crippen LogP contribution is 2.12. The van der Waals surface area contributed by atoms with Crippen molar-refractivity contribution < 1.29 is 4.74 Å². The van der Waals surface area contributed by atoms with E-state index >= 15 is 0 Å². The predicted octanol–water partition coefficient (Wildman–Crippen LogP) is 2.70. The van der Waals surface area contributed by atoms with Gasteiger partial charge < -0.3 is 10.1 Å². The topological polar surface area (TPSA) is 21.3 Å². The van der Waals surface area contributed by atoms with E-state index in [2.05, 4.69) is 36.5 Å². The van der Waals surface area contributed by atoms with Crippen molar-refractivity contribution in [1.29, 1.82) is 0 Å². The largest absolute Gasteiger partial charge is 0.378 e. The van der Waals surface area contributed by atoms with Crippen molar-refractivity contribution in [2.24, 2.45) is 0 Å². The summed E-state index contributed by atoms with van der Waals surface area (Å²) >= 11 is 0. The standard InChI is InChI=1S/C15H23NO/c1-13-5-2-3-6-14(13)9-12-17-15-7-4-10-16-11-8-15/h2-3,5-6,15-16H,4,7-12H2,1H3. The first kappa shape index (κ1) is 12.6. The van der Waals surface area contributed by atoms with Gasteiger partial charge in [0.2, 0.25) is 0 Å². The van der Waals surface area contributed by atoms with Gasteiger partial charge in [0.1, 0.15) is 0 Å². The molecular formula is C15H23NO. The first-order valence-corrected chi connectivity index (χ1v) is 6.73. The molecule has 1 aliphatic rings. The summed E-state index contributed by atoms with van der Waals surface area (Å²) in [5.74, 6) is 0. The third-order valence-corrected chi connectivity index (χ3v) is 3.51. The van der Waals surface area contributed by atoms with Gasteiger partial charge in [0.05, 0.1) is 12.7 Å². The third-order valence-electron chi connectivity index (χ3n) is 3.51. The van der Waals surface area contributed by atoms with E-state index in [1.54, 1.807) is 0 Å². The number of ether oxygens (including phenoxy) is 1. The number of nitrogens with one attached hydrogen (secondary N) is 1. The fourth-order valence-corrected chi connectivity index (χ4v) is 2.38. The molecule has 1 aromatic carbocycles. The van der Waals surface area contributed by atoms with Crippen LogP contribution in [0.5, 0.6) is 0 Å². The Labute approximate surface area is 104 Å². The molecule has 1 unspecified atom stereocenters. The molecule has 0 amide bonds. The Morgan fingerprint density at radius 1 is 1.24 bits per heavy atom. The van der Waals surface area contributed by atoms with E-state index in [0.717, 1.165) is 32.5 Å². The van der Waals surface area contributed by atoms with Crippen LogP contribution in [0, 0.1) is 6.92 Å². The first-order chi connectivity index (χ1) is 8.36. The lowest BCUT2D eigenvalue weighted by Gasteiger charge is -2.15. The summed E-state index contributed by atoms with van der Waals surface area (Å²) in [4.78, 5) is 0. The van der Waals surface area contributed by atoms with Crippen molar-refractivity contribution in [3.63, 3.8) is 0 Å². The van der Waals surface area contributed by atoms with Crippen molar-refractivity contribution in [2.45, 2.75) is 38.7 Å². The lowest BCUT2D eigenvalue weighted by molar-refractivity contribution is 0.0474. The molecule has 1 atom stereocenters. The van der Waals surface area contributed by atoms with Crippen molar-refractivity contribution in [3.8, 4) is 0 Å². The zero-order valence-corrected chi connectivity index (χ0v) is 10.7. The highest BCUT2D eigenvalue weighted by Gasteiger charge is 2.11. The van der Waals surface area contributed by atoms with E-state index in [9.17, 15) is 0 Å². The van der Waals surface area contributed by atoms with Gasteiger partial charge in [0.15, 0.2) is 0 Å². The maximum atomic E-state index is 5.98. The van der Waals surface area contributed by atoms with Gasteiger partial charge in [-0.2, -0.15) is 0 Å². The molecule has 2 rings (SSSR count). The van der Waals surface area contributed by atoms with Crippen LogP contribution in [0.3, 0.4) is 0 Å². The summed E-state index contributed by atoms with van der Waals surface area (Å²) in [6.45, 7) is 5.28. The summed E-state index contributed by atoms with van der Waals surface area (Å²) in [6.07, 6.45) is 5.12. The van der Waals surface area contributed by atoms with Gasteiger partial charge in [0.25, 0.3) is 0 Å². The molecule has 2 heteroatoms. The Kier molecular flexibility index (Phi) is 5.02. The van der Waals surface area contributed by atoms with Crippen molar-refractivity contribution >= 4 is 0 Å². The smallest absolute Gasteiger partial charge is 0.0587 e. The number of hydrogen-bond donors (Lipinski definition) is 1. The van der Waals surface area contributed by atoms with E-state index in [-0.39, 0.29) is 0 Å². The Morgan fingerprint density at radius 3 is 3.00 bits per heavy atom. The Bertz CT molecular complexity index is 329. The summed E-state index contributed by atoms with van der Waals surface area (Å²) in [6, 6.07) is 8.58. The molecule has 0 aliphatic carbocycles. The van der Waals surface area contributed by atoms with Crippen molar-refractivity contribution in [1.82, 2.24) is 5.32 Å². The lowest BCUT2D eigenvalue weighted by Crippen LogP contribution is -2.18. The molecule has 1 heterocycles. The van der Waals surface area contributed by atoms with Gasteiger partial charge in [-0.3, -0.25) is 0 Å². The van der Waals surface area contributed by atoms with Gasteiger partial charge in [-0.05, 0) is 56.8 Å². The fourth-order valence-electron chi connectivity index (χ4n) is 2.38. The number of rotatable bonds is 4. The van der Waals surface area contributed by atoms with E-state index in [1.165, 1.54) is 24.0 Å². The molecule has 1 fully saturated rings. The number of benzene rings is 1. The quantitative estimate of drug-likeness (QED) is 0.863. The highest BCUT2D eigenvalue weighted by atomic mass is 16.5. The highest BCUT2D eigenvalue weighted by molar-refractivity contribution is 5.25. The molecule has 0 bridgehead atoms. The number of hydrogen-bond acceptors (Lipinski definition) is 2. The van der Waals surface area contributed by atoms with E-state index < -0.39 is 0 Å². The second-order valence-corrected chi connectivity index (χ2v) is 4.85. The van der Waals surface area contributed by atoms with Gasteiger partial charge in [0, 0.05) is 0 Å². The third kappa shape index (κ3) is 4.14. The van der Waals surface area contributed by atoms with Crippen LogP contribution in [0.25, 0.3) is 0 Å². The Balaban J connectivity index is 1.73. The molecule has 17 heavy (non-hydrogen) atoms. The van der Waals surface area contributed by atoms with Crippen LogP contribution in [-0.2, 0) is 11.2 Å². The van der Waals surface area contributed by atoms with Crippen LogP contribution in [0.15, 0.2) is 24.3 Å². The zero-order chi connectivity index (χ0) is 11.9. The van der Waals surface area contributed by atoms with Crippen LogP contribution in [0.1, 0.15) is 30.4 Å². The summed E-state index contributed by atoms with van der Waals surface area (Å²) in [7, 11) is 0. The van der Waals surface area contributed by atoms with Gasteiger partial charge in [-0.25, -0.2) is 0 Å². The minimum atomic E-state index is 0.467. The maximum absolute atomic E-state index is 5.98. The summed E-state index contributed by atoms with van der Waals surface area (Å²) in [5, 5.41) is 3.41. The second-order valence-electron chi connectivity index (χ2n) is 4.85. The van der Waals surface area contributed by atoms with Crippen molar-refractivity contribution in [2.75, 3.05) is 19.7 Å². The molecule has 0 radical (unpaired) electrons. The molecule has 1 N–H and O–H groups in total.